The summed E-state index contributed by atoms with van der Waals surface area (Å²) >= 11 is 0. The number of nitrogens with one attached hydrogen (secondary N) is 1. The average Bonchev–Trinajstić information content (AvgIpc) is 3.94. The maximum atomic E-state index is 11.5. The minimum absolute atomic E-state index is 0.119. The van der Waals surface area contributed by atoms with Crippen molar-refractivity contribution in [1.29, 1.82) is 0 Å². The summed E-state index contributed by atoms with van der Waals surface area (Å²) in [4.78, 5) is 37.9. The number of H-pyrrole nitrogens is 1. The molecule has 3 aromatic heterocycles. The Morgan fingerprint density at radius 1 is 0.556 bits per heavy atom. The zero-order valence-corrected chi connectivity index (χ0v) is 36.9. The zero-order valence-electron chi connectivity index (χ0n) is 36.9. The summed E-state index contributed by atoms with van der Waals surface area (Å²) in [5.74, 6) is 4.55. The fraction of sp³-hybridized carbons (Fsp3) is 0.283. The van der Waals surface area contributed by atoms with Gasteiger partial charge in [0.25, 0.3) is 0 Å². The van der Waals surface area contributed by atoms with E-state index >= 15 is 0 Å². The maximum absolute atomic E-state index is 11.5. The number of ketones is 1. The Balaban J connectivity index is 0.000000125. The normalized spacial score (nSPS) is 15.2. The van der Waals surface area contributed by atoms with E-state index in [2.05, 4.69) is 140 Å². The highest BCUT2D eigenvalue weighted by molar-refractivity contribution is 5.94. The molecule has 6 heterocycles. The molecular formula is C53H57N7O3. The third-order valence-corrected chi connectivity index (χ3v) is 13.1. The quantitative estimate of drug-likeness (QED) is 0.128. The van der Waals surface area contributed by atoms with E-state index in [0.29, 0.717) is 5.56 Å². The molecule has 0 unspecified atom stereocenters. The number of aromatic nitrogens is 3. The highest BCUT2D eigenvalue weighted by atomic mass is 16.7. The van der Waals surface area contributed by atoms with Crippen molar-refractivity contribution in [1.82, 2.24) is 28.8 Å². The van der Waals surface area contributed by atoms with E-state index in [4.69, 9.17) is 5.90 Å². The molecule has 0 atom stereocenters. The second-order valence-electron chi connectivity index (χ2n) is 17.5. The molecule has 3 N–H and O–H groups in total. The van der Waals surface area contributed by atoms with Crippen LogP contribution in [0.3, 0.4) is 0 Å². The largest absolute Gasteiger partial charge is 0.370 e. The first-order valence-corrected chi connectivity index (χ1v) is 22.1. The van der Waals surface area contributed by atoms with Gasteiger partial charge in [0.15, 0.2) is 5.78 Å². The Morgan fingerprint density at radius 3 is 1.51 bits per heavy atom. The van der Waals surface area contributed by atoms with Gasteiger partial charge in [-0.05, 0) is 86.2 Å². The summed E-state index contributed by atoms with van der Waals surface area (Å²) in [6.45, 7) is 9.70. The third-order valence-electron chi connectivity index (χ3n) is 13.1. The van der Waals surface area contributed by atoms with Gasteiger partial charge in [-0.25, -0.2) is 4.79 Å². The molecule has 5 aromatic carbocycles. The molecule has 0 saturated heterocycles. The van der Waals surface area contributed by atoms with Crippen molar-refractivity contribution in [3.05, 3.63) is 177 Å². The fourth-order valence-corrected chi connectivity index (χ4v) is 9.76. The van der Waals surface area contributed by atoms with Crippen molar-refractivity contribution in [2.45, 2.75) is 58.9 Å². The van der Waals surface area contributed by atoms with Crippen molar-refractivity contribution >= 4 is 44.5 Å². The molecule has 0 aliphatic carbocycles. The number of nitrogens with two attached hydrogens (primary N) is 1. The maximum Gasteiger partial charge on any atom is 0.356 e. The zero-order chi connectivity index (χ0) is 43.6. The summed E-state index contributed by atoms with van der Waals surface area (Å²) in [5.41, 5.74) is 16.2. The fourth-order valence-electron chi connectivity index (χ4n) is 9.76. The first-order valence-electron chi connectivity index (χ1n) is 22.1. The van der Waals surface area contributed by atoms with Crippen LogP contribution >= 0.6 is 0 Å². The summed E-state index contributed by atoms with van der Waals surface area (Å²) in [5, 5.41) is 4.11. The topological polar surface area (TPSA) is 105 Å². The Bertz CT molecular complexity index is 2920. The van der Waals surface area contributed by atoms with Gasteiger partial charge in [-0.3, -0.25) is 4.79 Å². The number of carbonyl (C=O) groups is 2. The van der Waals surface area contributed by atoms with Gasteiger partial charge in [-0.2, -0.15) is 5.90 Å². The minimum atomic E-state index is -0.515. The number of likely N-dealkylation sites (N-methyl/N-ethyl adjacent to an activating group) is 3. The first-order chi connectivity index (χ1) is 30.6. The van der Waals surface area contributed by atoms with Crippen LogP contribution in [-0.4, -0.2) is 81.3 Å². The summed E-state index contributed by atoms with van der Waals surface area (Å²) in [6.07, 6.45) is 3.30. The number of hydrogen-bond donors (Lipinski definition) is 2. The highest BCUT2D eigenvalue weighted by Gasteiger charge is 2.24. The summed E-state index contributed by atoms with van der Waals surface area (Å²) in [7, 11) is 6.55. The number of hydrogen-bond acceptors (Lipinski definition) is 7. The van der Waals surface area contributed by atoms with Gasteiger partial charge in [0.05, 0.1) is 5.56 Å². The number of rotatable bonds is 6. The molecule has 322 valence electrons. The molecule has 10 heteroatoms. The summed E-state index contributed by atoms with van der Waals surface area (Å²) in [6, 6.07) is 41.3. The number of para-hydroxylation sites is 3. The van der Waals surface area contributed by atoms with E-state index in [9.17, 15) is 9.59 Å². The molecule has 3 aliphatic heterocycles. The molecular weight excluding hydrogens is 783 g/mol. The molecule has 0 fully saturated rings. The molecule has 0 saturated carbocycles. The molecule has 0 amide bonds. The first kappa shape index (κ1) is 42.0. The Labute approximate surface area is 369 Å². The lowest BCUT2D eigenvalue weighted by Crippen LogP contribution is -2.27. The average molecular weight is 840 g/mol. The number of nitrogens with zero attached hydrogens (tertiary/aromatic N) is 5. The second-order valence-corrected chi connectivity index (χ2v) is 17.5. The molecule has 3 aliphatic rings. The van der Waals surface area contributed by atoms with Crippen LogP contribution in [-0.2, 0) is 56.8 Å². The molecule has 0 spiro atoms. The lowest BCUT2D eigenvalue weighted by molar-refractivity contribution is 0.0503. The molecule has 8 aromatic rings. The highest BCUT2D eigenvalue weighted by Crippen LogP contribution is 2.33. The SMILES string of the molecule is CC(=O)c1ccc(Cn2c3c(c4ccccc42)CN(C)CC3)cc1.CN1CCc2[nH]c3ccccc3c2C1.CN1CCc2c(c3ccccc3n2Cc2ccc(C(=O)ON)cc2)C1. The van der Waals surface area contributed by atoms with Crippen LogP contribution in [0, 0.1) is 0 Å². The number of aromatic amines is 1. The summed E-state index contributed by atoms with van der Waals surface area (Å²) < 4.78 is 4.87. The number of benzene rings is 5. The minimum Gasteiger partial charge on any atom is -0.370 e. The van der Waals surface area contributed by atoms with E-state index in [1.165, 1.54) is 78.6 Å². The molecule has 10 nitrogen and oxygen atoms in total. The number of Topliss-reactive ketones (excluding diaryl/α,β-unsaturated/α-hetero) is 1. The van der Waals surface area contributed by atoms with Crippen molar-refractivity contribution in [2.24, 2.45) is 5.90 Å². The third kappa shape index (κ3) is 8.72. The smallest absolute Gasteiger partial charge is 0.356 e. The van der Waals surface area contributed by atoms with E-state index in [1.54, 1.807) is 19.1 Å². The van der Waals surface area contributed by atoms with Crippen LogP contribution < -0.4 is 5.90 Å². The van der Waals surface area contributed by atoms with Gasteiger partial charge in [0, 0.05) is 127 Å². The van der Waals surface area contributed by atoms with E-state index in [-0.39, 0.29) is 5.78 Å². The standard InChI is InChI=1S/C21H22N2O.C20H21N3O2.C12H14N2/c1-15(24)17-9-7-16(8-10-17)13-23-20-6-4-3-5-18(20)19-14-22(2)12-11-21(19)23;1-22-11-10-19-17(13-22)16-4-2-3-5-18(16)23(19)12-14-6-8-15(9-7-14)20(24)25-21;1-14-7-6-12-10(8-14)9-4-2-3-5-11(9)13-12/h3-10H,11-14H2,1-2H3;2-9H,10-13,21H2,1H3;2-5,13H,6-8H2,1H3. The van der Waals surface area contributed by atoms with Crippen molar-refractivity contribution in [3.63, 3.8) is 0 Å². The van der Waals surface area contributed by atoms with Gasteiger partial charge in [-0.1, -0.05) is 91.0 Å². The molecule has 11 rings (SSSR count). The van der Waals surface area contributed by atoms with Crippen molar-refractivity contribution < 1.29 is 14.4 Å². The predicted molar refractivity (Wildman–Crippen MR) is 253 cm³/mol. The van der Waals surface area contributed by atoms with Crippen molar-refractivity contribution in [2.75, 3.05) is 40.8 Å². The lowest BCUT2D eigenvalue weighted by Gasteiger charge is -2.24. The molecule has 63 heavy (non-hydrogen) atoms. The van der Waals surface area contributed by atoms with Crippen LogP contribution in [0.1, 0.15) is 72.5 Å². The second kappa shape index (κ2) is 18.2. The monoisotopic (exact) mass is 839 g/mol. The Kier molecular flexibility index (Phi) is 12.1. The van der Waals surface area contributed by atoms with Gasteiger partial charge < -0.3 is 33.7 Å². The number of carbonyl (C=O) groups excluding carboxylic acids is 2. The van der Waals surface area contributed by atoms with Gasteiger partial charge in [0.2, 0.25) is 0 Å². The van der Waals surface area contributed by atoms with Gasteiger partial charge >= 0.3 is 5.97 Å². The molecule has 0 radical (unpaired) electrons. The number of fused-ring (bicyclic) bond motifs is 9. The van der Waals surface area contributed by atoms with Crippen LogP contribution in [0.25, 0.3) is 32.7 Å². The van der Waals surface area contributed by atoms with Crippen molar-refractivity contribution in [3.8, 4) is 0 Å². The van der Waals surface area contributed by atoms with Crippen LogP contribution in [0.4, 0.5) is 0 Å². The van der Waals surface area contributed by atoms with Crippen LogP contribution in [0.15, 0.2) is 121 Å². The van der Waals surface area contributed by atoms with Gasteiger partial charge in [-0.15, -0.1) is 0 Å². The Hall–Kier alpha value is -6.30. The van der Waals surface area contributed by atoms with E-state index < -0.39 is 5.97 Å². The molecule has 0 bridgehead atoms. The van der Waals surface area contributed by atoms with Gasteiger partial charge in [0.1, 0.15) is 0 Å². The van der Waals surface area contributed by atoms with E-state index in [1.807, 2.05) is 24.3 Å². The predicted octanol–water partition coefficient (Wildman–Crippen LogP) is 8.74. The van der Waals surface area contributed by atoms with E-state index in [0.717, 1.165) is 76.2 Å². The van der Waals surface area contributed by atoms with Crippen LogP contribution in [0.5, 0.6) is 0 Å². The lowest BCUT2D eigenvalue weighted by atomic mass is 10.0. The van der Waals surface area contributed by atoms with Crippen LogP contribution in [0.2, 0.25) is 0 Å². The Morgan fingerprint density at radius 2 is 1.00 bits per heavy atom.